The fourth-order valence-corrected chi connectivity index (χ4v) is 1.79. The minimum absolute atomic E-state index is 0. The second kappa shape index (κ2) is 8.49. The first kappa shape index (κ1) is 18.3. The van der Waals surface area contributed by atoms with Crippen LogP contribution in [0.25, 0.3) is 0 Å². The van der Waals surface area contributed by atoms with E-state index in [0.29, 0.717) is 31.0 Å². The highest BCUT2D eigenvalue weighted by molar-refractivity contribution is 5.85. The van der Waals surface area contributed by atoms with Crippen molar-refractivity contribution in [1.29, 1.82) is 0 Å². The number of nitro groups is 1. The van der Waals surface area contributed by atoms with Crippen LogP contribution in [0.4, 0.5) is 5.69 Å². The summed E-state index contributed by atoms with van der Waals surface area (Å²) in [5.74, 6) is -0.0922. The number of likely N-dealkylation sites (N-methyl/N-ethyl adjacent to an activating group) is 1. The van der Waals surface area contributed by atoms with Gasteiger partial charge in [0.15, 0.2) is 0 Å². The average Bonchev–Trinajstić information content (AvgIpc) is 2.62. The van der Waals surface area contributed by atoms with Gasteiger partial charge in [0.05, 0.1) is 11.5 Å². The number of carbonyl (C=O) groups excluding carboxylic acids is 1. The van der Waals surface area contributed by atoms with Crippen LogP contribution >= 0.6 is 12.4 Å². The molecule has 2 N–H and O–H groups in total. The maximum absolute atomic E-state index is 11.5. The van der Waals surface area contributed by atoms with E-state index in [2.05, 4.69) is 15.7 Å². The third-order valence-corrected chi connectivity index (χ3v) is 2.77. The molecule has 1 aromatic rings. The predicted molar refractivity (Wildman–Crippen MR) is 77.2 cm³/mol. The number of hydrogen-bond acceptors (Lipinski definition) is 5. The van der Waals surface area contributed by atoms with Gasteiger partial charge in [0.2, 0.25) is 5.91 Å². The quantitative estimate of drug-likeness (QED) is 0.435. The highest BCUT2D eigenvalue weighted by Crippen LogP contribution is 2.21. The predicted octanol–water partition coefficient (Wildman–Crippen LogP) is 0.556. The number of aromatic nitrogens is 2. The number of carbonyl (C=O) groups is 1. The van der Waals surface area contributed by atoms with Crippen LogP contribution in [-0.2, 0) is 11.3 Å². The summed E-state index contributed by atoms with van der Waals surface area (Å²) < 4.78 is 1.51. The summed E-state index contributed by atoms with van der Waals surface area (Å²) in [6.45, 7) is 4.83. The van der Waals surface area contributed by atoms with Gasteiger partial charge in [-0.2, -0.15) is 5.10 Å². The largest absolute Gasteiger partial charge is 0.355 e. The summed E-state index contributed by atoms with van der Waals surface area (Å²) in [5, 5.41) is 20.6. The Hall–Kier alpha value is -1.67. The highest BCUT2D eigenvalue weighted by Gasteiger charge is 2.21. The van der Waals surface area contributed by atoms with Crippen LogP contribution in [0.3, 0.4) is 0 Å². The van der Waals surface area contributed by atoms with Gasteiger partial charge in [-0.1, -0.05) is 0 Å². The number of hydrogen-bond donors (Lipinski definition) is 2. The number of rotatable bonds is 7. The molecule has 0 saturated carbocycles. The van der Waals surface area contributed by atoms with E-state index < -0.39 is 4.92 Å². The van der Waals surface area contributed by atoms with Gasteiger partial charge < -0.3 is 10.6 Å². The third kappa shape index (κ3) is 4.78. The average molecular weight is 306 g/mol. The summed E-state index contributed by atoms with van der Waals surface area (Å²) in [6.07, 6.45) is 0.253. The molecule has 0 aliphatic rings. The van der Waals surface area contributed by atoms with Crippen LogP contribution in [-0.4, -0.2) is 40.7 Å². The van der Waals surface area contributed by atoms with E-state index in [1.54, 1.807) is 20.9 Å². The molecule has 0 aromatic carbocycles. The first-order chi connectivity index (χ1) is 8.97. The molecule has 0 bridgehead atoms. The van der Waals surface area contributed by atoms with E-state index in [9.17, 15) is 14.9 Å². The van der Waals surface area contributed by atoms with E-state index in [0.717, 1.165) is 0 Å². The zero-order valence-corrected chi connectivity index (χ0v) is 12.6. The van der Waals surface area contributed by atoms with Crippen LogP contribution < -0.4 is 10.6 Å². The lowest BCUT2D eigenvalue weighted by Crippen LogP contribution is -2.31. The van der Waals surface area contributed by atoms with Crippen LogP contribution in [0.15, 0.2) is 0 Å². The summed E-state index contributed by atoms with van der Waals surface area (Å²) >= 11 is 0. The first-order valence-corrected chi connectivity index (χ1v) is 6.07. The van der Waals surface area contributed by atoms with Crippen LogP contribution in [0.5, 0.6) is 0 Å². The Labute approximate surface area is 123 Å². The molecule has 0 spiro atoms. The SMILES string of the molecule is CNCCNC(=O)CCn1nc(C)c([N+](=O)[O-])c1C.Cl. The molecule has 20 heavy (non-hydrogen) atoms. The van der Waals surface area contributed by atoms with Gasteiger partial charge in [-0.25, -0.2) is 0 Å². The van der Waals surface area contributed by atoms with E-state index in [1.807, 2.05) is 0 Å². The van der Waals surface area contributed by atoms with Crippen molar-refractivity contribution in [2.75, 3.05) is 20.1 Å². The van der Waals surface area contributed by atoms with Crippen LogP contribution in [0.1, 0.15) is 17.8 Å². The van der Waals surface area contributed by atoms with Crippen molar-refractivity contribution in [1.82, 2.24) is 20.4 Å². The number of halogens is 1. The van der Waals surface area contributed by atoms with Gasteiger partial charge in [0.25, 0.3) is 0 Å². The smallest absolute Gasteiger partial charge is 0.312 e. The molecule has 1 amide bonds. The van der Waals surface area contributed by atoms with Gasteiger partial charge in [-0.05, 0) is 20.9 Å². The van der Waals surface area contributed by atoms with Crippen molar-refractivity contribution >= 4 is 24.0 Å². The maximum atomic E-state index is 11.5. The Kier molecular flexibility index (Phi) is 7.78. The second-order valence-electron chi connectivity index (χ2n) is 4.20. The Balaban J connectivity index is 0.00000361. The normalized spacial score (nSPS) is 9.95. The number of nitrogens with one attached hydrogen (secondary N) is 2. The van der Waals surface area contributed by atoms with Gasteiger partial charge in [-0.15, -0.1) is 12.4 Å². The van der Waals surface area contributed by atoms with Crippen molar-refractivity contribution in [3.63, 3.8) is 0 Å². The van der Waals surface area contributed by atoms with E-state index in [-0.39, 0.29) is 30.4 Å². The first-order valence-electron chi connectivity index (χ1n) is 6.07. The molecule has 0 aliphatic carbocycles. The summed E-state index contributed by atoms with van der Waals surface area (Å²) in [4.78, 5) is 21.9. The number of aryl methyl sites for hydroxylation is 2. The zero-order chi connectivity index (χ0) is 14.4. The molecule has 0 aliphatic heterocycles. The summed E-state index contributed by atoms with van der Waals surface area (Å²) in [5.41, 5.74) is 0.874. The molecule has 9 heteroatoms. The van der Waals surface area contributed by atoms with Crippen molar-refractivity contribution in [3.05, 3.63) is 21.5 Å². The fraction of sp³-hybridized carbons (Fsp3) is 0.636. The standard InChI is InChI=1S/C11H19N5O3.ClH/c1-8-11(16(18)19)9(2)15(14-8)7-4-10(17)13-6-5-12-3;/h12H,4-7H2,1-3H3,(H,13,17);1H. The molecule has 0 fully saturated rings. The Bertz CT molecular complexity index is 475. The second-order valence-corrected chi connectivity index (χ2v) is 4.20. The molecule has 1 heterocycles. The minimum atomic E-state index is -0.443. The van der Waals surface area contributed by atoms with Gasteiger partial charge in [0.1, 0.15) is 11.4 Å². The molecule has 0 unspecified atom stereocenters. The highest BCUT2D eigenvalue weighted by atomic mass is 35.5. The lowest BCUT2D eigenvalue weighted by Gasteiger charge is -2.05. The van der Waals surface area contributed by atoms with E-state index in [4.69, 9.17) is 0 Å². The van der Waals surface area contributed by atoms with Crippen molar-refractivity contribution < 1.29 is 9.72 Å². The van der Waals surface area contributed by atoms with Crippen LogP contribution in [0, 0.1) is 24.0 Å². The number of amides is 1. The Morgan fingerprint density at radius 3 is 2.55 bits per heavy atom. The summed E-state index contributed by atoms with van der Waals surface area (Å²) in [6, 6.07) is 0. The van der Waals surface area contributed by atoms with Gasteiger partial charge in [0, 0.05) is 19.5 Å². The molecule has 0 saturated heterocycles. The zero-order valence-electron chi connectivity index (χ0n) is 11.8. The molecule has 0 radical (unpaired) electrons. The Morgan fingerprint density at radius 2 is 2.05 bits per heavy atom. The van der Waals surface area contributed by atoms with E-state index in [1.165, 1.54) is 4.68 Å². The van der Waals surface area contributed by atoms with Crippen molar-refractivity contribution in [3.8, 4) is 0 Å². The minimum Gasteiger partial charge on any atom is -0.355 e. The Morgan fingerprint density at radius 1 is 1.40 bits per heavy atom. The van der Waals surface area contributed by atoms with Crippen LogP contribution in [0.2, 0.25) is 0 Å². The molecular formula is C11H20ClN5O3. The number of nitrogens with zero attached hydrogens (tertiary/aromatic N) is 3. The third-order valence-electron chi connectivity index (χ3n) is 2.77. The topological polar surface area (TPSA) is 102 Å². The summed E-state index contributed by atoms with van der Waals surface area (Å²) in [7, 11) is 1.81. The van der Waals surface area contributed by atoms with Crippen molar-refractivity contribution in [2.24, 2.45) is 0 Å². The van der Waals surface area contributed by atoms with Crippen molar-refractivity contribution in [2.45, 2.75) is 26.8 Å². The van der Waals surface area contributed by atoms with Gasteiger partial charge >= 0.3 is 5.69 Å². The molecule has 8 nitrogen and oxygen atoms in total. The fourth-order valence-electron chi connectivity index (χ4n) is 1.79. The van der Waals surface area contributed by atoms with Gasteiger partial charge in [-0.3, -0.25) is 19.6 Å². The lowest BCUT2D eigenvalue weighted by molar-refractivity contribution is -0.386. The molecule has 0 atom stereocenters. The molecule has 1 rings (SSSR count). The molecule has 1 aromatic heterocycles. The lowest BCUT2D eigenvalue weighted by atomic mass is 10.3. The monoisotopic (exact) mass is 305 g/mol. The molecular weight excluding hydrogens is 286 g/mol. The maximum Gasteiger partial charge on any atom is 0.312 e. The molecule has 114 valence electrons. The van der Waals surface area contributed by atoms with E-state index >= 15 is 0 Å².